The second kappa shape index (κ2) is 5.51. The van der Waals surface area contributed by atoms with Gasteiger partial charge in [-0.3, -0.25) is 4.79 Å². The Morgan fingerprint density at radius 3 is 2.80 bits per heavy atom. The van der Waals surface area contributed by atoms with Crippen LogP contribution in [0.1, 0.15) is 10.4 Å². The smallest absolute Gasteiger partial charge is 0.257 e. The summed E-state index contributed by atoms with van der Waals surface area (Å²) < 4.78 is 0.774. The Bertz CT molecular complexity index is 368. The van der Waals surface area contributed by atoms with Gasteiger partial charge in [-0.1, -0.05) is 31.9 Å². The fraction of sp³-hybridized carbons (Fsp3) is 0.300. The lowest BCUT2D eigenvalue weighted by Crippen LogP contribution is -2.28. The van der Waals surface area contributed by atoms with Gasteiger partial charge in [0.25, 0.3) is 5.91 Å². The van der Waals surface area contributed by atoms with Gasteiger partial charge in [-0.15, -0.1) is 0 Å². The summed E-state index contributed by atoms with van der Waals surface area (Å²) in [4.78, 5) is 13.4. The number of alkyl halides is 1. The topological polar surface area (TPSA) is 40.5 Å². The molecule has 1 amide bonds. The molecule has 0 spiro atoms. The number of nitrogens with zero attached hydrogens (tertiary/aromatic N) is 1. The number of carbonyl (C=O) groups excluding carboxylic acids is 1. The number of phenols is 1. The first-order chi connectivity index (χ1) is 7.06. The van der Waals surface area contributed by atoms with Crippen molar-refractivity contribution in [2.45, 2.75) is 0 Å². The molecule has 1 rings (SSSR count). The summed E-state index contributed by atoms with van der Waals surface area (Å²) in [7, 11) is 1.70. The highest BCUT2D eigenvalue weighted by Gasteiger charge is 2.15. The lowest BCUT2D eigenvalue weighted by atomic mass is 10.2. The molecule has 0 heterocycles. The zero-order valence-corrected chi connectivity index (χ0v) is 11.4. The molecule has 0 radical (unpaired) electrons. The molecule has 0 fully saturated rings. The molecule has 0 aliphatic rings. The molecular weight excluding hydrogens is 326 g/mol. The molecule has 0 unspecified atom stereocenters. The average Bonchev–Trinajstić information content (AvgIpc) is 2.21. The van der Waals surface area contributed by atoms with E-state index in [-0.39, 0.29) is 11.7 Å². The first-order valence-electron chi connectivity index (χ1n) is 4.36. The molecule has 0 saturated heterocycles. The number of hydrogen-bond acceptors (Lipinski definition) is 2. The number of amides is 1. The van der Waals surface area contributed by atoms with Crippen LogP contribution in [-0.2, 0) is 0 Å². The second-order valence-electron chi connectivity index (χ2n) is 3.08. The molecule has 1 aromatic carbocycles. The minimum Gasteiger partial charge on any atom is -0.507 e. The molecular formula is C10H11Br2NO2. The molecule has 0 bridgehead atoms. The Labute approximate surface area is 105 Å². The first kappa shape index (κ1) is 12.5. The van der Waals surface area contributed by atoms with Crippen molar-refractivity contribution in [2.75, 3.05) is 18.9 Å². The normalized spacial score (nSPS) is 10.1. The van der Waals surface area contributed by atoms with Gasteiger partial charge in [0.15, 0.2) is 0 Å². The van der Waals surface area contributed by atoms with Crippen molar-refractivity contribution in [3.8, 4) is 5.75 Å². The van der Waals surface area contributed by atoms with E-state index >= 15 is 0 Å². The van der Waals surface area contributed by atoms with Crippen molar-refractivity contribution in [2.24, 2.45) is 0 Å². The van der Waals surface area contributed by atoms with Crippen LogP contribution in [0.4, 0.5) is 0 Å². The standard InChI is InChI=1S/C10H11Br2NO2/c1-13(5-4-11)10(15)8-6-7(12)2-3-9(8)14/h2-3,6,14H,4-5H2,1H3. The van der Waals surface area contributed by atoms with Crippen LogP contribution in [-0.4, -0.2) is 34.8 Å². The van der Waals surface area contributed by atoms with Crippen LogP contribution in [0.5, 0.6) is 5.75 Å². The van der Waals surface area contributed by atoms with Crippen LogP contribution < -0.4 is 0 Å². The van der Waals surface area contributed by atoms with E-state index in [4.69, 9.17) is 0 Å². The van der Waals surface area contributed by atoms with Gasteiger partial charge in [0, 0.05) is 23.4 Å². The van der Waals surface area contributed by atoms with Gasteiger partial charge in [-0.05, 0) is 18.2 Å². The maximum Gasteiger partial charge on any atom is 0.257 e. The quantitative estimate of drug-likeness (QED) is 0.862. The summed E-state index contributed by atoms with van der Waals surface area (Å²) in [5, 5.41) is 10.3. The van der Waals surface area contributed by atoms with Gasteiger partial charge in [-0.25, -0.2) is 0 Å². The molecule has 0 aromatic heterocycles. The molecule has 3 nitrogen and oxygen atoms in total. The van der Waals surface area contributed by atoms with Gasteiger partial charge < -0.3 is 10.0 Å². The summed E-state index contributed by atoms with van der Waals surface area (Å²) in [5.41, 5.74) is 0.313. The van der Waals surface area contributed by atoms with E-state index in [0.29, 0.717) is 17.4 Å². The molecule has 5 heteroatoms. The van der Waals surface area contributed by atoms with Crippen molar-refractivity contribution in [3.63, 3.8) is 0 Å². The van der Waals surface area contributed by atoms with Crippen LogP contribution in [0.3, 0.4) is 0 Å². The molecule has 1 N–H and O–H groups in total. The fourth-order valence-corrected chi connectivity index (χ4v) is 2.01. The summed E-state index contributed by atoms with van der Waals surface area (Å²) in [5.74, 6) is -0.183. The SMILES string of the molecule is CN(CCBr)C(=O)c1cc(Br)ccc1O. The number of benzene rings is 1. The van der Waals surface area contributed by atoms with Crippen molar-refractivity contribution in [1.29, 1.82) is 0 Å². The Morgan fingerprint density at radius 2 is 2.20 bits per heavy atom. The number of aromatic hydroxyl groups is 1. The third-order valence-corrected chi connectivity index (χ3v) is 2.80. The van der Waals surface area contributed by atoms with E-state index < -0.39 is 0 Å². The van der Waals surface area contributed by atoms with Crippen LogP contribution in [0.25, 0.3) is 0 Å². The van der Waals surface area contributed by atoms with Crippen molar-refractivity contribution in [3.05, 3.63) is 28.2 Å². The second-order valence-corrected chi connectivity index (χ2v) is 4.79. The molecule has 0 aliphatic carbocycles. The number of carbonyl (C=O) groups is 1. The maximum absolute atomic E-state index is 11.8. The Morgan fingerprint density at radius 1 is 1.53 bits per heavy atom. The lowest BCUT2D eigenvalue weighted by molar-refractivity contribution is 0.0801. The molecule has 1 aromatic rings. The largest absolute Gasteiger partial charge is 0.507 e. The van der Waals surface area contributed by atoms with E-state index in [1.165, 1.54) is 6.07 Å². The van der Waals surface area contributed by atoms with E-state index in [9.17, 15) is 9.90 Å². The van der Waals surface area contributed by atoms with Gasteiger partial charge in [0.05, 0.1) is 5.56 Å². The van der Waals surface area contributed by atoms with Crippen LogP contribution >= 0.6 is 31.9 Å². The van der Waals surface area contributed by atoms with E-state index in [2.05, 4.69) is 31.9 Å². The predicted octanol–water partition coefficient (Wildman–Crippen LogP) is 2.62. The van der Waals surface area contributed by atoms with Crippen LogP contribution in [0.2, 0.25) is 0 Å². The number of hydrogen-bond donors (Lipinski definition) is 1. The zero-order chi connectivity index (χ0) is 11.4. The van der Waals surface area contributed by atoms with Crippen molar-refractivity contribution >= 4 is 37.8 Å². The summed E-state index contributed by atoms with van der Waals surface area (Å²) in [6.45, 7) is 0.602. The Hall–Kier alpha value is -0.550. The molecule has 0 saturated carbocycles. The first-order valence-corrected chi connectivity index (χ1v) is 6.27. The summed E-state index contributed by atoms with van der Waals surface area (Å²) in [6.07, 6.45) is 0. The zero-order valence-electron chi connectivity index (χ0n) is 8.20. The Kier molecular flexibility index (Phi) is 4.60. The monoisotopic (exact) mass is 335 g/mol. The molecule has 82 valence electrons. The van der Waals surface area contributed by atoms with Gasteiger partial charge in [0.1, 0.15) is 5.75 Å². The third kappa shape index (κ3) is 3.21. The lowest BCUT2D eigenvalue weighted by Gasteiger charge is -2.16. The number of phenolic OH excluding ortho intramolecular Hbond substituents is 1. The average molecular weight is 337 g/mol. The van der Waals surface area contributed by atoms with Crippen LogP contribution in [0.15, 0.2) is 22.7 Å². The summed E-state index contributed by atoms with van der Waals surface area (Å²) >= 11 is 6.52. The summed E-state index contributed by atoms with van der Waals surface area (Å²) in [6, 6.07) is 4.80. The van der Waals surface area contributed by atoms with E-state index in [1.807, 2.05) is 0 Å². The highest BCUT2D eigenvalue weighted by molar-refractivity contribution is 9.10. The number of rotatable bonds is 3. The minimum atomic E-state index is -0.187. The molecule has 15 heavy (non-hydrogen) atoms. The van der Waals surface area contributed by atoms with Gasteiger partial charge in [0.2, 0.25) is 0 Å². The third-order valence-electron chi connectivity index (χ3n) is 1.96. The predicted molar refractivity (Wildman–Crippen MR) is 66.6 cm³/mol. The maximum atomic E-state index is 11.8. The van der Waals surface area contributed by atoms with E-state index in [1.54, 1.807) is 24.1 Å². The van der Waals surface area contributed by atoms with Crippen molar-refractivity contribution in [1.82, 2.24) is 4.90 Å². The molecule has 0 atom stereocenters. The van der Waals surface area contributed by atoms with E-state index in [0.717, 1.165) is 4.47 Å². The Balaban J connectivity index is 2.95. The number of halogens is 2. The highest BCUT2D eigenvalue weighted by Crippen LogP contribution is 2.22. The van der Waals surface area contributed by atoms with Gasteiger partial charge >= 0.3 is 0 Å². The van der Waals surface area contributed by atoms with Crippen LogP contribution in [0, 0.1) is 0 Å². The van der Waals surface area contributed by atoms with Gasteiger partial charge in [-0.2, -0.15) is 0 Å². The highest BCUT2D eigenvalue weighted by atomic mass is 79.9. The van der Waals surface area contributed by atoms with Crippen molar-refractivity contribution < 1.29 is 9.90 Å². The minimum absolute atomic E-state index is 0.00428. The fourth-order valence-electron chi connectivity index (χ4n) is 1.11. The molecule has 0 aliphatic heterocycles.